The number of aryl methyl sites for hydroxylation is 1. The molecular formula is C19H19ClF3N3O. The molecular weight excluding hydrogens is 379 g/mol. The maximum absolute atomic E-state index is 12.7. The van der Waals surface area contributed by atoms with Crippen LogP contribution in [0.5, 0.6) is 0 Å². The highest BCUT2D eigenvalue weighted by Gasteiger charge is 2.32. The number of amides is 1. The number of alkyl halides is 3. The highest BCUT2D eigenvalue weighted by Crippen LogP contribution is 2.33. The van der Waals surface area contributed by atoms with Crippen molar-refractivity contribution in [2.45, 2.75) is 19.5 Å². The first-order chi connectivity index (χ1) is 12.8. The lowest BCUT2D eigenvalue weighted by molar-refractivity contribution is -0.137. The van der Waals surface area contributed by atoms with Crippen molar-refractivity contribution in [1.29, 1.82) is 0 Å². The number of pyridine rings is 1. The molecule has 1 aliphatic rings. The van der Waals surface area contributed by atoms with Gasteiger partial charge in [0.25, 0.3) is 0 Å². The molecule has 1 aliphatic heterocycles. The van der Waals surface area contributed by atoms with E-state index < -0.39 is 11.7 Å². The number of carbonyl (C=O) groups excluding carboxylic acids is 1. The SMILES string of the molecule is Cc1ccccc1CC(=O)N1CCN(c2ncc(C(F)(F)F)cc2Cl)CC1. The topological polar surface area (TPSA) is 36.4 Å². The minimum Gasteiger partial charge on any atom is -0.352 e. The van der Waals surface area contributed by atoms with Gasteiger partial charge in [-0.05, 0) is 24.1 Å². The molecule has 3 rings (SSSR count). The number of benzene rings is 1. The van der Waals surface area contributed by atoms with E-state index in [0.29, 0.717) is 38.4 Å². The molecule has 1 saturated heterocycles. The number of hydrogen-bond acceptors (Lipinski definition) is 3. The van der Waals surface area contributed by atoms with Crippen molar-refractivity contribution in [3.8, 4) is 0 Å². The van der Waals surface area contributed by atoms with Crippen LogP contribution in [-0.4, -0.2) is 42.0 Å². The van der Waals surface area contributed by atoms with Gasteiger partial charge in [-0.1, -0.05) is 35.9 Å². The summed E-state index contributed by atoms with van der Waals surface area (Å²) in [6.45, 7) is 3.86. The van der Waals surface area contributed by atoms with Crippen LogP contribution < -0.4 is 4.90 Å². The van der Waals surface area contributed by atoms with Gasteiger partial charge in [-0.15, -0.1) is 0 Å². The third-order valence-electron chi connectivity index (χ3n) is 4.68. The second-order valence-electron chi connectivity index (χ2n) is 6.50. The van der Waals surface area contributed by atoms with Crippen molar-refractivity contribution >= 4 is 23.3 Å². The molecule has 8 heteroatoms. The number of anilines is 1. The van der Waals surface area contributed by atoms with Crippen LogP contribution in [0.25, 0.3) is 0 Å². The largest absolute Gasteiger partial charge is 0.417 e. The van der Waals surface area contributed by atoms with Gasteiger partial charge in [-0.25, -0.2) is 4.98 Å². The molecule has 1 aromatic heterocycles. The molecule has 1 fully saturated rings. The average Bonchev–Trinajstić information content (AvgIpc) is 2.63. The van der Waals surface area contributed by atoms with E-state index in [0.717, 1.165) is 23.4 Å². The maximum atomic E-state index is 12.7. The zero-order valence-electron chi connectivity index (χ0n) is 14.8. The predicted octanol–water partition coefficient (Wildman–Crippen LogP) is 3.95. The van der Waals surface area contributed by atoms with Gasteiger partial charge in [-0.3, -0.25) is 4.79 Å². The number of nitrogens with zero attached hydrogens (tertiary/aromatic N) is 3. The van der Waals surface area contributed by atoms with E-state index in [-0.39, 0.29) is 10.9 Å². The van der Waals surface area contributed by atoms with Crippen molar-refractivity contribution < 1.29 is 18.0 Å². The van der Waals surface area contributed by atoms with E-state index in [9.17, 15) is 18.0 Å². The van der Waals surface area contributed by atoms with E-state index in [1.807, 2.05) is 31.2 Å². The summed E-state index contributed by atoms with van der Waals surface area (Å²) >= 11 is 6.01. The number of carbonyl (C=O) groups is 1. The lowest BCUT2D eigenvalue weighted by atomic mass is 10.1. The Labute approximate surface area is 160 Å². The molecule has 1 amide bonds. The average molecular weight is 398 g/mol. The summed E-state index contributed by atoms with van der Waals surface area (Å²) in [5.41, 5.74) is 1.20. The zero-order chi connectivity index (χ0) is 19.6. The number of piperazine rings is 1. The van der Waals surface area contributed by atoms with Crippen LogP contribution >= 0.6 is 11.6 Å². The van der Waals surface area contributed by atoms with Crippen LogP contribution in [-0.2, 0) is 17.4 Å². The van der Waals surface area contributed by atoms with E-state index in [2.05, 4.69) is 4.98 Å². The molecule has 0 bridgehead atoms. The minimum atomic E-state index is -4.48. The van der Waals surface area contributed by atoms with Crippen LogP contribution in [0.3, 0.4) is 0 Å². The lowest BCUT2D eigenvalue weighted by Gasteiger charge is -2.36. The molecule has 0 unspecified atom stereocenters. The molecule has 0 atom stereocenters. The molecule has 2 aromatic rings. The molecule has 1 aromatic carbocycles. The van der Waals surface area contributed by atoms with Gasteiger partial charge < -0.3 is 9.80 Å². The standard InChI is InChI=1S/C19H19ClF3N3O/c1-13-4-2-3-5-14(13)10-17(27)25-6-8-26(9-7-25)18-16(20)11-15(12-24-18)19(21,22)23/h2-5,11-12H,6-10H2,1H3. The fraction of sp³-hybridized carbons (Fsp3) is 0.368. The van der Waals surface area contributed by atoms with Gasteiger partial charge in [0.05, 0.1) is 17.0 Å². The third kappa shape index (κ3) is 4.53. The summed E-state index contributed by atoms with van der Waals surface area (Å²) in [6, 6.07) is 8.64. The summed E-state index contributed by atoms with van der Waals surface area (Å²) < 4.78 is 38.2. The highest BCUT2D eigenvalue weighted by molar-refractivity contribution is 6.33. The fourth-order valence-electron chi connectivity index (χ4n) is 3.07. The van der Waals surface area contributed by atoms with Gasteiger partial charge in [-0.2, -0.15) is 13.2 Å². The number of hydrogen-bond donors (Lipinski definition) is 0. The van der Waals surface area contributed by atoms with Crippen LogP contribution in [0, 0.1) is 6.92 Å². The maximum Gasteiger partial charge on any atom is 0.417 e. The first-order valence-corrected chi connectivity index (χ1v) is 8.93. The van der Waals surface area contributed by atoms with Gasteiger partial charge in [0.1, 0.15) is 5.82 Å². The summed E-state index contributed by atoms with van der Waals surface area (Å²) in [5, 5.41) is -0.0375. The summed E-state index contributed by atoms with van der Waals surface area (Å²) in [4.78, 5) is 20.0. The van der Waals surface area contributed by atoms with Crippen LogP contribution in [0.2, 0.25) is 5.02 Å². The van der Waals surface area contributed by atoms with Crippen molar-refractivity contribution in [1.82, 2.24) is 9.88 Å². The Morgan fingerprint density at radius 1 is 1.19 bits per heavy atom. The Balaban J connectivity index is 1.62. The molecule has 0 aliphatic carbocycles. The first kappa shape index (κ1) is 19.5. The lowest BCUT2D eigenvalue weighted by Crippen LogP contribution is -2.49. The van der Waals surface area contributed by atoms with E-state index in [1.165, 1.54) is 0 Å². The van der Waals surface area contributed by atoms with Crippen LogP contribution in [0.1, 0.15) is 16.7 Å². The van der Waals surface area contributed by atoms with Crippen LogP contribution in [0.4, 0.5) is 19.0 Å². The molecule has 0 N–H and O–H groups in total. The van der Waals surface area contributed by atoms with Crippen molar-refractivity contribution in [3.05, 3.63) is 58.2 Å². The Morgan fingerprint density at radius 2 is 1.85 bits per heavy atom. The highest BCUT2D eigenvalue weighted by atomic mass is 35.5. The number of aromatic nitrogens is 1. The molecule has 27 heavy (non-hydrogen) atoms. The fourth-order valence-corrected chi connectivity index (χ4v) is 3.36. The van der Waals surface area contributed by atoms with Gasteiger partial charge in [0.2, 0.25) is 5.91 Å². The third-order valence-corrected chi connectivity index (χ3v) is 4.96. The molecule has 4 nitrogen and oxygen atoms in total. The molecule has 2 heterocycles. The molecule has 0 spiro atoms. The smallest absolute Gasteiger partial charge is 0.352 e. The van der Waals surface area contributed by atoms with Gasteiger partial charge in [0, 0.05) is 32.4 Å². The summed E-state index contributed by atoms with van der Waals surface area (Å²) in [5.74, 6) is 0.353. The normalized spacial score (nSPS) is 15.1. The summed E-state index contributed by atoms with van der Waals surface area (Å²) in [7, 11) is 0. The molecule has 0 radical (unpaired) electrons. The van der Waals surface area contributed by atoms with Gasteiger partial charge >= 0.3 is 6.18 Å². The Morgan fingerprint density at radius 3 is 2.44 bits per heavy atom. The van der Waals surface area contributed by atoms with E-state index in [1.54, 1.807) is 9.80 Å². The first-order valence-electron chi connectivity index (χ1n) is 8.55. The monoisotopic (exact) mass is 397 g/mol. The summed E-state index contributed by atoms with van der Waals surface area (Å²) in [6.07, 6.45) is -3.35. The quantitative estimate of drug-likeness (QED) is 0.786. The molecule has 0 saturated carbocycles. The second-order valence-corrected chi connectivity index (χ2v) is 6.91. The van der Waals surface area contributed by atoms with Crippen molar-refractivity contribution in [3.63, 3.8) is 0 Å². The Hall–Kier alpha value is -2.28. The van der Waals surface area contributed by atoms with Crippen molar-refractivity contribution in [2.24, 2.45) is 0 Å². The van der Waals surface area contributed by atoms with E-state index >= 15 is 0 Å². The Kier molecular flexibility index (Phi) is 5.60. The van der Waals surface area contributed by atoms with E-state index in [4.69, 9.17) is 11.6 Å². The van der Waals surface area contributed by atoms with Gasteiger partial charge in [0.15, 0.2) is 0 Å². The zero-order valence-corrected chi connectivity index (χ0v) is 15.5. The Bertz CT molecular complexity index is 833. The number of rotatable bonds is 3. The minimum absolute atomic E-state index is 0.0374. The molecule has 144 valence electrons. The second kappa shape index (κ2) is 7.76. The van der Waals surface area contributed by atoms with Crippen molar-refractivity contribution in [2.75, 3.05) is 31.1 Å². The predicted molar refractivity (Wildman–Crippen MR) is 97.9 cm³/mol. The van der Waals surface area contributed by atoms with Crippen LogP contribution in [0.15, 0.2) is 36.5 Å². The number of halogens is 4.